The van der Waals surface area contributed by atoms with Crippen LogP contribution in [0.1, 0.15) is 41.1 Å². The minimum atomic E-state index is -0.601. The average Bonchev–Trinajstić information content (AvgIpc) is 3.50. The number of hydrogen-bond acceptors (Lipinski definition) is 5. The summed E-state index contributed by atoms with van der Waals surface area (Å²) >= 11 is 0. The minimum Gasteiger partial charge on any atom is -0.363 e. The Labute approximate surface area is 224 Å². The van der Waals surface area contributed by atoms with Crippen LogP contribution in [0.3, 0.4) is 0 Å². The first-order chi connectivity index (χ1) is 18.8. The van der Waals surface area contributed by atoms with Gasteiger partial charge in [0.2, 0.25) is 11.7 Å². The number of carbonyl (C=O) groups excluding carboxylic acids is 2. The van der Waals surface area contributed by atoms with Crippen molar-refractivity contribution in [1.29, 1.82) is 0 Å². The van der Waals surface area contributed by atoms with Gasteiger partial charge in [0, 0.05) is 29.4 Å². The standard InChI is InChI=1S/C25H22FN3O.C5H5N3O/c1-16-4-3-5-18(12-16)24-13-17(2)25(30)28(24)22-10-11-23-19(14-22)15-27-29(23)21-8-6-20(26)7-9-21;6-4(9)5-7-2-1-3-8-5/h3-12,14-15,17,24H,13H2,1-2H3;1-3H,(H2,6,9)/t17-,24+;/m1./s1. The Balaban J connectivity index is 0.000000292. The highest BCUT2D eigenvalue weighted by molar-refractivity contribution is 6.00. The molecule has 3 heterocycles. The average molecular weight is 523 g/mol. The van der Waals surface area contributed by atoms with Gasteiger partial charge in [0.1, 0.15) is 5.82 Å². The maximum atomic E-state index is 13.3. The van der Waals surface area contributed by atoms with Crippen LogP contribution >= 0.6 is 0 Å². The van der Waals surface area contributed by atoms with Crippen molar-refractivity contribution in [3.63, 3.8) is 0 Å². The number of anilines is 1. The molecule has 39 heavy (non-hydrogen) atoms. The lowest BCUT2D eigenvalue weighted by Gasteiger charge is -2.25. The Bertz CT molecular complexity index is 1630. The third kappa shape index (κ3) is 5.38. The molecule has 0 radical (unpaired) electrons. The van der Waals surface area contributed by atoms with E-state index >= 15 is 0 Å². The lowest BCUT2D eigenvalue weighted by Crippen LogP contribution is -2.28. The number of aryl methyl sites for hydroxylation is 1. The fourth-order valence-electron chi connectivity index (χ4n) is 4.79. The van der Waals surface area contributed by atoms with Gasteiger partial charge >= 0.3 is 0 Å². The quantitative estimate of drug-likeness (QED) is 0.351. The molecule has 3 aromatic carbocycles. The Morgan fingerprint density at radius 3 is 2.36 bits per heavy atom. The van der Waals surface area contributed by atoms with Crippen molar-refractivity contribution in [2.75, 3.05) is 4.90 Å². The van der Waals surface area contributed by atoms with Crippen LogP contribution in [0.5, 0.6) is 0 Å². The van der Waals surface area contributed by atoms with E-state index in [9.17, 15) is 14.0 Å². The number of benzene rings is 3. The van der Waals surface area contributed by atoms with Crippen molar-refractivity contribution in [2.24, 2.45) is 11.7 Å². The molecule has 196 valence electrons. The summed E-state index contributed by atoms with van der Waals surface area (Å²) < 4.78 is 15.1. The number of hydrogen-bond donors (Lipinski definition) is 1. The molecule has 5 aromatic rings. The molecular weight excluding hydrogens is 495 g/mol. The summed E-state index contributed by atoms with van der Waals surface area (Å²) in [5.41, 5.74) is 9.79. The monoisotopic (exact) mass is 522 g/mol. The fraction of sp³-hybridized carbons (Fsp3) is 0.167. The zero-order chi connectivity index (χ0) is 27.5. The number of nitrogens with two attached hydrogens (primary N) is 1. The molecule has 0 saturated carbocycles. The van der Waals surface area contributed by atoms with Crippen LogP contribution in [-0.4, -0.2) is 31.6 Å². The molecular formula is C30H27FN6O2. The lowest BCUT2D eigenvalue weighted by atomic mass is 9.99. The normalized spacial score (nSPS) is 16.7. The van der Waals surface area contributed by atoms with Crippen molar-refractivity contribution in [2.45, 2.75) is 26.3 Å². The molecule has 1 saturated heterocycles. The largest absolute Gasteiger partial charge is 0.363 e. The maximum Gasteiger partial charge on any atom is 0.286 e. The number of rotatable bonds is 4. The molecule has 0 unspecified atom stereocenters. The fourth-order valence-corrected chi connectivity index (χ4v) is 4.79. The SMILES string of the molecule is Cc1cccc([C@@H]2C[C@@H](C)C(=O)N2c2ccc3c(cnn3-c3ccc(F)cc3)c2)c1.NC(=O)c1ncccn1. The molecule has 9 heteroatoms. The van der Waals surface area contributed by atoms with Crippen LogP contribution in [-0.2, 0) is 4.79 Å². The highest BCUT2D eigenvalue weighted by atomic mass is 19.1. The van der Waals surface area contributed by atoms with Gasteiger partial charge in [0.05, 0.1) is 23.4 Å². The summed E-state index contributed by atoms with van der Waals surface area (Å²) in [5.74, 6) is -0.700. The first-order valence-corrected chi connectivity index (χ1v) is 12.5. The van der Waals surface area contributed by atoms with Gasteiger partial charge in [-0.05, 0) is 67.4 Å². The lowest BCUT2D eigenvalue weighted by molar-refractivity contribution is -0.120. The highest BCUT2D eigenvalue weighted by Crippen LogP contribution is 2.40. The second kappa shape index (κ2) is 10.8. The van der Waals surface area contributed by atoms with Crippen molar-refractivity contribution >= 4 is 28.4 Å². The van der Waals surface area contributed by atoms with Gasteiger partial charge < -0.3 is 10.6 Å². The summed E-state index contributed by atoms with van der Waals surface area (Å²) in [7, 11) is 0. The molecule has 0 bridgehead atoms. The van der Waals surface area contributed by atoms with E-state index < -0.39 is 5.91 Å². The predicted octanol–water partition coefficient (Wildman–Crippen LogP) is 5.16. The summed E-state index contributed by atoms with van der Waals surface area (Å²) in [6, 6.07) is 22.2. The Morgan fingerprint density at radius 2 is 1.69 bits per heavy atom. The Hall–Kier alpha value is -4.92. The third-order valence-corrected chi connectivity index (χ3v) is 6.66. The first-order valence-electron chi connectivity index (χ1n) is 12.5. The molecule has 8 nitrogen and oxygen atoms in total. The van der Waals surface area contributed by atoms with Gasteiger partial charge in [-0.1, -0.05) is 36.8 Å². The van der Waals surface area contributed by atoms with Crippen molar-refractivity contribution in [1.82, 2.24) is 19.7 Å². The molecule has 1 fully saturated rings. The van der Waals surface area contributed by atoms with Crippen molar-refractivity contribution < 1.29 is 14.0 Å². The first kappa shape index (κ1) is 25.7. The molecule has 0 aliphatic carbocycles. The summed E-state index contributed by atoms with van der Waals surface area (Å²) in [4.78, 5) is 32.4. The molecule has 2 N–H and O–H groups in total. The number of fused-ring (bicyclic) bond motifs is 1. The molecule has 2 amide bonds. The van der Waals surface area contributed by atoms with Crippen LogP contribution < -0.4 is 10.6 Å². The highest BCUT2D eigenvalue weighted by Gasteiger charge is 2.38. The predicted molar refractivity (Wildman–Crippen MR) is 147 cm³/mol. The van der Waals surface area contributed by atoms with E-state index in [1.807, 2.05) is 36.1 Å². The molecule has 2 aromatic heterocycles. The summed E-state index contributed by atoms with van der Waals surface area (Å²) in [5, 5.41) is 5.41. The number of primary amides is 1. The molecule has 0 spiro atoms. The number of nitrogens with zero attached hydrogens (tertiary/aromatic N) is 5. The molecule has 6 rings (SSSR count). The van der Waals surface area contributed by atoms with Gasteiger partial charge in [-0.15, -0.1) is 0 Å². The zero-order valence-corrected chi connectivity index (χ0v) is 21.5. The van der Waals surface area contributed by atoms with Gasteiger partial charge in [0.25, 0.3) is 5.91 Å². The van der Waals surface area contributed by atoms with Crippen molar-refractivity contribution in [3.05, 3.63) is 114 Å². The van der Waals surface area contributed by atoms with Gasteiger partial charge in [-0.25, -0.2) is 19.0 Å². The van der Waals surface area contributed by atoms with Crippen LogP contribution in [0.25, 0.3) is 16.6 Å². The van der Waals surface area contributed by atoms with Crippen LogP contribution in [0.15, 0.2) is 91.4 Å². The van der Waals surface area contributed by atoms with Crippen LogP contribution in [0, 0.1) is 18.7 Å². The topological polar surface area (TPSA) is 107 Å². The van der Waals surface area contributed by atoms with E-state index in [2.05, 4.69) is 40.2 Å². The summed E-state index contributed by atoms with van der Waals surface area (Å²) in [6.07, 6.45) is 5.52. The number of carbonyl (C=O) groups is 2. The number of halogens is 1. The second-order valence-electron chi connectivity index (χ2n) is 9.49. The maximum absolute atomic E-state index is 13.3. The Morgan fingerprint density at radius 1 is 0.974 bits per heavy atom. The van der Waals surface area contributed by atoms with E-state index in [-0.39, 0.29) is 29.5 Å². The van der Waals surface area contributed by atoms with E-state index in [1.54, 1.807) is 29.1 Å². The molecule has 2 atom stereocenters. The summed E-state index contributed by atoms with van der Waals surface area (Å²) in [6.45, 7) is 4.07. The van der Waals surface area contributed by atoms with Gasteiger partial charge in [-0.3, -0.25) is 9.59 Å². The minimum absolute atomic E-state index is 0.0202. The van der Waals surface area contributed by atoms with E-state index in [0.29, 0.717) is 0 Å². The van der Waals surface area contributed by atoms with E-state index in [1.165, 1.54) is 30.1 Å². The van der Waals surface area contributed by atoms with Crippen LogP contribution in [0.4, 0.5) is 10.1 Å². The molecule has 1 aliphatic heterocycles. The smallest absolute Gasteiger partial charge is 0.286 e. The number of aromatic nitrogens is 4. The second-order valence-corrected chi connectivity index (χ2v) is 9.49. The van der Waals surface area contributed by atoms with E-state index in [4.69, 9.17) is 5.73 Å². The van der Waals surface area contributed by atoms with Gasteiger partial charge in [0.15, 0.2) is 0 Å². The number of amides is 2. The molecule has 1 aliphatic rings. The Kier molecular flexibility index (Phi) is 7.14. The zero-order valence-electron chi connectivity index (χ0n) is 21.5. The van der Waals surface area contributed by atoms with Crippen molar-refractivity contribution in [3.8, 4) is 5.69 Å². The third-order valence-electron chi connectivity index (χ3n) is 6.66. The van der Waals surface area contributed by atoms with Gasteiger partial charge in [-0.2, -0.15) is 5.10 Å². The van der Waals surface area contributed by atoms with Crippen LogP contribution in [0.2, 0.25) is 0 Å². The van der Waals surface area contributed by atoms with E-state index in [0.717, 1.165) is 34.3 Å².